The second kappa shape index (κ2) is 7.94. The van der Waals surface area contributed by atoms with E-state index in [1.165, 1.54) is 16.1 Å². The summed E-state index contributed by atoms with van der Waals surface area (Å²) in [6.45, 7) is 6.87. The zero-order valence-electron chi connectivity index (χ0n) is 6.16. The molecule has 56 valence electrons. The summed E-state index contributed by atoms with van der Waals surface area (Å²) in [6, 6.07) is 0. The Morgan fingerprint density at radius 2 is 1.12 bits per heavy atom. The van der Waals surface area contributed by atoms with E-state index in [1.807, 2.05) is 0 Å². The van der Waals surface area contributed by atoms with Crippen molar-refractivity contribution in [3.8, 4) is 0 Å². The molecule has 0 aromatic heterocycles. The van der Waals surface area contributed by atoms with Crippen LogP contribution in [0.1, 0.15) is 20.8 Å². The van der Waals surface area contributed by atoms with Crippen LogP contribution in [-0.2, 0) is 13.7 Å². The van der Waals surface area contributed by atoms with Crippen LogP contribution in [0.3, 0.4) is 0 Å². The van der Waals surface area contributed by atoms with E-state index < -0.39 is 0 Å². The van der Waals surface area contributed by atoms with Crippen molar-refractivity contribution in [3.05, 3.63) is 0 Å². The Kier molecular flexibility index (Phi) is 11.6. The van der Waals surface area contributed by atoms with Crippen molar-refractivity contribution in [2.75, 3.05) is 0 Å². The maximum atomic E-state index is 2.29. The fraction of sp³-hybridized carbons (Fsp3) is 1.00. The Balaban J connectivity index is 0. The Bertz CT molecular complexity index is 30.0. The van der Waals surface area contributed by atoms with Crippen LogP contribution in [-0.4, -0.2) is 0 Å². The van der Waals surface area contributed by atoms with Crippen molar-refractivity contribution in [1.82, 2.24) is 0 Å². The van der Waals surface area contributed by atoms with Crippen LogP contribution >= 0.6 is 9.90 Å². The molecular weight excluding hydrogens is 162 g/mol. The first-order valence-corrected chi connectivity index (χ1v) is 5.04. The van der Waals surface area contributed by atoms with Crippen LogP contribution in [0.5, 0.6) is 0 Å². The molecule has 0 nitrogen and oxygen atoms in total. The summed E-state index contributed by atoms with van der Waals surface area (Å²) >= 11 is 0.465. The molecule has 0 spiro atoms. The number of rotatable bonds is 3. The second-order valence-corrected chi connectivity index (χ2v) is 4.98. The SMILES string of the molecule is C[CH2][Co]([CH2]C)[CH2]C.P. The van der Waals surface area contributed by atoms with Crippen LogP contribution in [0.15, 0.2) is 0 Å². The fourth-order valence-electron chi connectivity index (χ4n) is 0.500. The topological polar surface area (TPSA) is 0 Å². The Hall–Kier alpha value is 0.936. The molecule has 0 aliphatic carbocycles. The quantitative estimate of drug-likeness (QED) is 0.585. The van der Waals surface area contributed by atoms with Gasteiger partial charge in [0.1, 0.15) is 0 Å². The van der Waals surface area contributed by atoms with Gasteiger partial charge in [0.25, 0.3) is 0 Å². The summed E-state index contributed by atoms with van der Waals surface area (Å²) in [5.41, 5.74) is 0. The van der Waals surface area contributed by atoms with Gasteiger partial charge in [-0.05, 0) is 0 Å². The van der Waals surface area contributed by atoms with Crippen molar-refractivity contribution in [3.63, 3.8) is 0 Å². The van der Waals surface area contributed by atoms with Gasteiger partial charge in [-0.3, -0.25) is 0 Å². The molecule has 0 aliphatic heterocycles. The average molecular weight is 180 g/mol. The van der Waals surface area contributed by atoms with E-state index in [0.717, 1.165) is 0 Å². The van der Waals surface area contributed by atoms with Gasteiger partial charge in [-0.1, -0.05) is 0 Å². The van der Waals surface area contributed by atoms with Gasteiger partial charge in [0.15, 0.2) is 0 Å². The van der Waals surface area contributed by atoms with Gasteiger partial charge in [0.05, 0.1) is 0 Å². The van der Waals surface area contributed by atoms with Crippen molar-refractivity contribution >= 4 is 9.90 Å². The molecule has 1 unspecified atom stereocenters. The Morgan fingerprint density at radius 1 is 0.875 bits per heavy atom. The first-order chi connectivity index (χ1) is 3.35. The van der Waals surface area contributed by atoms with Gasteiger partial charge in [-0.15, -0.1) is 0 Å². The van der Waals surface area contributed by atoms with E-state index in [9.17, 15) is 0 Å². The normalized spacial score (nSPS) is 10.1. The molecule has 0 radical (unpaired) electrons. The molecule has 0 bridgehead atoms. The monoisotopic (exact) mass is 180 g/mol. The number of hydrogen-bond acceptors (Lipinski definition) is 0. The zero-order chi connectivity index (χ0) is 5.70. The van der Waals surface area contributed by atoms with Crippen LogP contribution in [0.2, 0.25) is 16.1 Å². The fourth-order valence-corrected chi connectivity index (χ4v) is 2.06. The first-order valence-electron chi connectivity index (χ1n) is 2.83. The molecule has 0 amide bonds. The van der Waals surface area contributed by atoms with Crippen LogP contribution in [0, 0.1) is 0 Å². The molecule has 0 aromatic carbocycles. The van der Waals surface area contributed by atoms with E-state index in [0.29, 0.717) is 13.7 Å². The predicted octanol–water partition coefficient (Wildman–Crippen LogP) is 2.98. The van der Waals surface area contributed by atoms with Crippen molar-refractivity contribution < 1.29 is 13.7 Å². The standard InChI is InChI=1S/3C2H5.Co.H3P/c3*1-2;;/h3*1H2,2H3;;1H3. The minimum absolute atomic E-state index is 0. The third-order valence-corrected chi connectivity index (χ3v) is 4.12. The van der Waals surface area contributed by atoms with Gasteiger partial charge >= 0.3 is 50.5 Å². The van der Waals surface area contributed by atoms with Gasteiger partial charge in [-0.25, -0.2) is 0 Å². The smallest absolute Gasteiger partial charge is 0.153 e. The minimum Gasteiger partial charge on any atom is -0.153 e. The molecule has 2 heteroatoms. The zero-order valence-corrected chi connectivity index (χ0v) is 8.62. The molecule has 1 atom stereocenters. The molecule has 0 aromatic rings. The molecule has 0 aliphatic rings. The summed E-state index contributed by atoms with van der Waals surface area (Å²) in [4.78, 5) is 0. The summed E-state index contributed by atoms with van der Waals surface area (Å²) in [6.07, 6.45) is 0. The van der Waals surface area contributed by atoms with Crippen LogP contribution < -0.4 is 0 Å². The summed E-state index contributed by atoms with van der Waals surface area (Å²) in [5, 5.41) is 4.25. The molecular formula is C6H18CoP. The molecule has 0 N–H and O–H groups in total. The maximum Gasteiger partial charge on any atom is -0.153 e. The maximum absolute atomic E-state index is 2.29. The predicted molar refractivity (Wildman–Crippen MR) is 42.5 cm³/mol. The minimum atomic E-state index is 0. The molecule has 0 saturated carbocycles. The summed E-state index contributed by atoms with van der Waals surface area (Å²) in [7, 11) is 0. The van der Waals surface area contributed by atoms with Crippen LogP contribution in [0.4, 0.5) is 0 Å². The van der Waals surface area contributed by atoms with Crippen LogP contribution in [0.25, 0.3) is 0 Å². The molecule has 0 rings (SSSR count). The van der Waals surface area contributed by atoms with Gasteiger partial charge in [0, 0.05) is 0 Å². The number of hydrogen-bond donors (Lipinski definition) is 0. The molecule has 0 saturated heterocycles. The Morgan fingerprint density at radius 3 is 1.12 bits per heavy atom. The molecule has 8 heavy (non-hydrogen) atoms. The van der Waals surface area contributed by atoms with E-state index in [-0.39, 0.29) is 9.90 Å². The van der Waals surface area contributed by atoms with Gasteiger partial charge < -0.3 is 0 Å². The van der Waals surface area contributed by atoms with Crippen molar-refractivity contribution in [2.45, 2.75) is 36.8 Å². The summed E-state index contributed by atoms with van der Waals surface area (Å²) < 4.78 is 0. The third-order valence-electron chi connectivity index (χ3n) is 1.000. The van der Waals surface area contributed by atoms with Crippen molar-refractivity contribution in [2.24, 2.45) is 0 Å². The second-order valence-electron chi connectivity index (χ2n) is 1.21. The van der Waals surface area contributed by atoms with Crippen molar-refractivity contribution in [1.29, 1.82) is 0 Å². The average Bonchev–Trinajstić information content (AvgIpc) is 1.72. The third kappa shape index (κ3) is 5.08. The molecule has 0 fully saturated rings. The molecule has 0 heterocycles. The van der Waals surface area contributed by atoms with E-state index in [2.05, 4.69) is 20.8 Å². The van der Waals surface area contributed by atoms with E-state index in [4.69, 9.17) is 0 Å². The van der Waals surface area contributed by atoms with Gasteiger partial charge in [-0.2, -0.15) is 9.90 Å². The summed E-state index contributed by atoms with van der Waals surface area (Å²) in [5.74, 6) is 0. The van der Waals surface area contributed by atoms with Gasteiger partial charge in [0.2, 0.25) is 0 Å². The largest absolute Gasteiger partial charge is 0.153 e. The van der Waals surface area contributed by atoms with E-state index in [1.54, 1.807) is 0 Å². The Labute approximate surface area is 60.8 Å². The first kappa shape index (κ1) is 11.7. The van der Waals surface area contributed by atoms with E-state index >= 15 is 0 Å².